The smallest absolute Gasteiger partial charge is 0.184 e. The summed E-state index contributed by atoms with van der Waals surface area (Å²) in [4.78, 5) is 4.69. The van der Waals surface area contributed by atoms with Crippen LogP contribution in [0, 0.1) is 5.92 Å². The number of rotatable bonds is 3. The van der Waals surface area contributed by atoms with Gasteiger partial charge in [0.05, 0.1) is 5.54 Å². The van der Waals surface area contributed by atoms with Crippen molar-refractivity contribution in [3.8, 4) is 0 Å². The molecule has 0 unspecified atom stereocenters. The Kier molecular flexibility index (Phi) is 3.55. The monoisotopic (exact) mass is 272 g/mol. The average Bonchev–Trinajstić information content (AvgIpc) is 2.78. The third-order valence-electron chi connectivity index (χ3n) is 4.52. The molecule has 1 aliphatic heterocycles. The Hall–Kier alpha value is -1.35. The van der Waals surface area contributed by atoms with Crippen molar-refractivity contribution in [2.45, 2.75) is 44.6 Å². The summed E-state index contributed by atoms with van der Waals surface area (Å²) in [5, 5.41) is 0. The maximum atomic E-state index is 6.06. The number of benzene rings is 1. The van der Waals surface area contributed by atoms with Crippen LogP contribution in [0.2, 0.25) is 0 Å². The summed E-state index contributed by atoms with van der Waals surface area (Å²) >= 11 is 0. The van der Waals surface area contributed by atoms with E-state index >= 15 is 0 Å². The summed E-state index contributed by atoms with van der Waals surface area (Å²) < 4.78 is 5.76. The molecule has 108 valence electrons. The SMILES string of the molecule is CC1(C)COC(C[C@H]2CCc3ccccc3[C@@H]2CN)=N1. The van der Waals surface area contributed by atoms with Crippen molar-refractivity contribution in [2.24, 2.45) is 16.6 Å². The quantitative estimate of drug-likeness (QED) is 0.919. The van der Waals surface area contributed by atoms with Gasteiger partial charge in [-0.15, -0.1) is 0 Å². The van der Waals surface area contributed by atoms with Crippen LogP contribution in [0.3, 0.4) is 0 Å². The van der Waals surface area contributed by atoms with Crippen LogP contribution >= 0.6 is 0 Å². The standard InChI is InChI=1S/C17H24N2O/c1-17(2)11-20-16(19-17)9-13-8-7-12-5-3-4-6-14(12)15(13)10-18/h3-6,13,15H,7-11,18H2,1-2H3/t13-,15-/m1/s1. The molecule has 0 amide bonds. The molecule has 2 N–H and O–H groups in total. The second-order valence-corrected chi connectivity index (χ2v) is 6.65. The number of nitrogens with two attached hydrogens (primary N) is 1. The van der Waals surface area contributed by atoms with Gasteiger partial charge in [0.15, 0.2) is 5.90 Å². The molecular weight excluding hydrogens is 248 g/mol. The minimum Gasteiger partial charge on any atom is -0.478 e. The van der Waals surface area contributed by atoms with E-state index in [9.17, 15) is 0 Å². The van der Waals surface area contributed by atoms with Crippen molar-refractivity contribution >= 4 is 5.90 Å². The van der Waals surface area contributed by atoms with Gasteiger partial charge in [-0.1, -0.05) is 24.3 Å². The topological polar surface area (TPSA) is 47.6 Å². The molecule has 3 nitrogen and oxygen atoms in total. The van der Waals surface area contributed by atoms with E-state index in [2.05, 4.69) is 38.1 Å². The predicted molar refractivity (Wildman–Crippen MR) is 82.1 cm³/mol. The zero-order chi connectivity index (χ0) is 14.2. The largest absolute Gasteiger partial charge is 0.478 e. The maximum absolute atomic E-state index is 6.06. The first kappa shape index (κ1) is 13.6. The molecule has 1 heterocycles. The van der Waals surface area contributed by atoms with Gasteiger partial charge in [0.2, 0.25) is 0 Å². The third kappa shape index (κ3) is 2.59. The number of ether oxygens (including phenoxy) is 1. The Labute approximate surface area is 121 Å². The number of aryl methyl sites for hydroxylation is 1. The molecule has 0 saturated heterocycles. The van der Waals surface area contributed by atoms with Crippen molar-refractivity contribution < 1.29 is 4.74 Å². The third-order valence-corrected chi connectivity index (χ3v) is 4.52. The van der Waals surface area contributed by atoms with Crippen LogP contribution in [0.5, 0.6) is 0 Å². The van der Waals surface area contributed by atoms with Crippen molar-refractivity contribution in [3.63, 3.8) is 0 Å². The molecule has 3 rings (SSSR count). The van der Waals surface area contributed by atoms with Crippen LogP contribution in [0.1, 0.15) is 43.7 Å². The first-order chi connectivity index (χ1) is 9.59. The summed E-state index contributed by atoms with van der Waals surface area (Å²) in [5.74, 6) is 1.93. The van der Waals surface area contributed by atoms with E-state index in [4.69, 9.17) is 15.5 Å². The lowest BCUT2D eigenvalue weighted by Crippen LogP contribution is -2.28. The molecule has 0 aromatic heterocycles. The molecule has 2 atom stereocenters. The van der Waals surface area contributed by atoms with Gasteiger partial charge in [0.25, 0.3) is 0 Å². The fourth-order valence-electron chi connectivity index (χ4n) is 3.47. The van der Waals surface area contributed by atoms with Crippen molar-refractivity contribution in [1.29, 1.82) is 0 Å². The number of hydrogen-bond acceptors (Lipinski definition) is 3. The van der Waals surface area contributed by atoms with Gasteiger partial charge in [-0.3, -0.25) is 0 Å². The molecule has 1 aliphatic carbocycles. The highest BCUT2D eigenvalue weighted by Gasteiger charge is 2.33. The second-order valence-electron chi connectivity index (χ2n) is 6.65. The lowest BCUT2D eigenvalue weighted by molar-refractivity contribution is 0.263. The van der Waals surface area contributed by atoms with E-state index in [0.717, 1.165) is 18.7 Å². The normalized spacial score (nSPS) is 27.6. The molecule has 0 bridgehead atoms. The molecule has 20 heavy (non-hydrogen) atoms. The Morgan fingerprint density at radius 3 is 2.85 bits per heavy atom. The minimum atomic E-state index is -0.0554. The molecule has 3 heteroatoms. The molecule has 0 radical (unpaired) electrons. The maximum Gasteiger partial charge on any atom is 0.184 e. The summed E-state index contributed by atoms with van der Waals surface area (Å²) in [5.41, 5.74) is 8.90. The van der Waals surface area contributed by atoms with Crippen molar-refractivity contribution in [3.05, 3.63) is 35.4 Å². The highest BCUT2D eigenvalue weighted by Crippen LogP contribution is 2.38. The summed E-state index contributed by atoms with van der Waals surface area (Å²) in [6, 6.07) is 8.72. The first-order valence-electron chi connectivity index (χ1n) is 7.58. The van der Waals surface area contributed by atoms with E-state index in [0.29, 0.717) is 25.0 Å². The zero-order valence-corrected chi connectivity index (χ0v) is 12.4. The fourth-order valence-corrected chi connectivity index (χ4v) is 3.47. The summed E-state index contributed by atoms with van der Waals surface area (Å²) in [7, 11) is 0. The molecule has 0 spiro atoms. The van der Waals surface area contributed by atoms with Crippen LogP contribution in [0.25, 0.3) is 0 Å². The average molecular weight is 272 g/mol. The van der Waals surface area contributed by atoms with E-state index in [1.54, 1.807) is 0 Å². The molecule has 1 aromatic rings. The van der Waals surface area contributed by atoms with Gasteiger partial charge in [-0.25, -0.2) is 4.99 Å². The molecular formula is C17H24N2O. The zero-order valence-electron chi connectivity index (χ0n) is 12.4. The summed E-state index contributed by atoms with van der Waals surface area (Å²) in [6.07, 6.45) is 3.26. The van der Waals surface area contributed by atoms with Gasteiger partial charge in [0, 0.05) is 6.42 Å². The highest BCUT2D eigenvalue weighted by atomic mass is 16.5. The van der Waals surface area contributed by atoms with Gasteiger partial charge in [0.1, 0.15) is 6.61 Å². The summed E-state index contributed by atoms with van der Waals surface area (Å²) in [6.45, 7) is 5.66. The molecule has 0 fully saturated rings. The lowest BCUT2D eigenvalue weighted by Gasteiger charge is -2.32. The highest BCUT2D eigenvalue weighted by molar-refractivity contribution is 5.78. The van der Waals surface area contributed by atoms with Gasteiger partial charge < -0.3 is 10.5 Å². The molecule has 2 aliphatic rings. The Balaban J connectivity index is 1.78. The number of hydrogen-bond donors (Lipinski definition) is 1. The minimum absolute atomic E-state index is 0.0554. The Bertz CT molecular complexity index is 521. The van der Waals surface area contributed by atoms with Crippen LogP contribution in [-0.2, 0) is 11.2 Å². The number of aliphatic imine (C=N–C) groups is 1. The fraction of sp³-hybridized carbons (Fsp3) is 0.588. The molecule has 0 saturated carbocycles. The van der Waals surface area contributed by atoms with Crippen LogP contribution in [0.4, 0.5) is 0 Å². The van der Waals surface area contributed by atoms with Gasteiger partial charge >= 0.3 is 0 Å². The van der Waals surface area contributed by atoms with Crippen LogP contribution < -0.4 is 5.73 Å². The Morgan fingerprint density at radius 2 is 2.15 bits per heavy atom. The van der Waals surface area contributed by atoms with E-state index in [1.165, 1.54) is 17.5 Å². The molecule has 1 aromatic carbocycles. The van der Waals surface area contributed by atoms with E-state index in [1.807, 2.05) is 0 Å². The van der Waals surface area contributed by atoms with Crippen molar-refractivity contribution in [1.82, 2.24) is 0 Å². The van der Waals surface area contributed by atoms with Gasteiger partial charge in [-0.05, 0) is 56.2 Å². The first-order valence-corrected chi connectivity index (χ1v) is 7.58. The lowest BCUT2D eigenvalue weighted by atomic mass is 9.73. The van der Waals surface area contributed by atoms with E-state index < -0.39 is 0 Å². The second kappa shape index (κ2) is 5.21. The van der Waals surface area contributed by atoms with Crippen LogP contribution in [0.15, 0.2) is 29.3 Å². The van der Waals surface area contributed by atoms with Gasteiger partial charge in [-0.2, -0.15) is 0 Å². The van der Waals surface area contributed by atoms with Crippen LogP contribution in [-0.4, -0.2) is 24.6 Å². The van der Waals surface area contributed by atoms with E-state index in [-0.39, 0.29) is 5.54 Å². The Morgan fingerprint density at radius 1 is 1.35 bits per heavy atom. The predicted octanol–water partition coefficient (Wildman–Crippen LogP) is 2.89. The number of nitrogens with zero attached hydrogens (tertiary/aromatic N) is 1. The van der Waals surface area contributed by atoms with Crippen molar-refractivity contribution in [2.75, 3.05) is 13.2 Å². The number of fused-ring (bicyclic) bond motifs is 1.